The van der Waals surface area contributed by atoms with Crippen LogP contribution in [-0.4, -0.2) is 57.7 Å². The van der Waals surface area contributed by atoms with Crippen LogP contribution in [-0.2, 0) is 22.5 Å². The summed E-state index contributed by atoms with van der Waals surface area (Å²) in [5.74, 6) is -0.0585. The number of carbonyl (C=O) groups excluding carboxylic acids is 1. The number of fused-ring (bicyclic) bond motifs is 1. The zero-order valence-electron chi connectivity index (χ0n) is 19.2. The van der Waals surface area contributed by atoms with Crippen LogP contribution in [0.3, 0.4) is 0 Å². The Kier molecular flexibility index (Phi) is 6.33. The number of rotatable bonds is 4. The van der Waals surface area contributed by atoms with Crippen LogP contribution in [0.1, 0.15) is 38.1 Å². The summed E-state index contributed by atoms with van der Waals surface area (Å²) in [6.45, 7) is 5.73. The molecule has 0 N–H and O–H groups in total. The van der Waals surface area contributed by atoms with E-state index in [4.69, 9.17) is 14.7 Å². The number of anilines is 1. The van der Waals surface area contributed by atoms with E-state index in [1.54, 1.807) is 24.9 Å². The lowest BCUT2D eigenvalue weighted by Gasteiger charge is -2.35. The van der Waals surface area contributed by atoms with Gasteiger partial charge in [0.1, 0.15) is 23.0 Å². The topological polar surface area (TPSA) is 71.5 Å². The number of halogens is 2. The number of carbonyl (C=O) groups is 1. The van der Waals surface area contributed by atoms with E-state index in [1.807, 2.05) is 5.38 Å². The monoisotopic (exact) mass is 487 g/mol. The maximum Gasteiger partial charge on any atom is 0.219 e. The second-order valence-electron chi connectivity index (χ2n) is 8.97. The highest BCUT2D eigenvalue weighted by molar-refractivity contribution is 7.13. The molecule has 1 unspecified atom stereocenters. The molecule has 5 rings (SSSR count). The molecule has 34 heavy (non-hydrogen) atoms. The van der Waals surface area contributed by atoms with Crippen LogP contribution in [0.15, 0.2) is 35.3 Å². The molecule has 180 valence electrons. The Morgan fingerprint density at radius 3 is 2.68 bits per heavy atom. The number of thiazole rings is 1. The SMILES string of the molecule is CC(=O)N1CCc2nc(N3CCC(OC4=CC(C)[C@@H](F)C=C4F)CC3)c(-c3nccs3)nc2C1. The third-order valence-corrected chi connectivity index (χ3v) is 7.34. The fourth-order valence-electron chi connectivity index (χ4n) is 4.54. The molecule has 1 saturated heterocycles. The first-order chi connectivity index (χ1) is 16.4. The number of hydrogen-bond acceptors (Lipinski definition) is 7. The van der Waals surface area contributed by atoms with Gasteiger partial charge in [0, 0.05) is 63.3 Å². The fourth-order valence-corrected chi connectivity index (χ4v) is 5.16. The van der Waals surface area contributed by atoms with Crippen LogP contribution >= 0.6 is 11.3 Å². The van der Waals surface area contributed by atoms with Gasteiger partial charge in [-0.1, -0.05) is 6.92 Å². The number of nitrogens with zero attached hydrogens (tertiary/aromatic N) is 5. The zero-order chi connectivity index (χ0) is 23.8. The zero-order valence-corrected chi connectivity index (χ0v) is 20.0. The van der Waals surface area contributed by atoms with E-state index < -0.39 is 17.9 Å². The van der Waals surface area contributed by atoms with Crippen molar-refractivity contribution in [3.63, 3.8) is 0 Å². The van der Waals surface area contributed by atoms with Crippen LogP contribution in [0, 0.1) is 5.92 Å². The van der Waals surface area contributed by atoms with E-state index >= 15 is 0 Å². The van der Waals surface area contributed by atoms with E-state index in [0.717, 1.165) is 34.0 Å². The predicted molar refractivity (Wildman–Crippen MR) is 126 cm³/mol. The normalized spacial score (nSPS) is 23.3. The highest BCUT2D eigenvalue weighted by Gasteiger charge is 2.30. The standard InChI is InChI=1S/C24H27F2N5O2S/c1-14-11-21(18(26)12-17(14)25)33-16-3-7-30(8-4-16)23-22(24-27-6-10-34-24)28-20-13-31(15(2)32)9-5-19(20)29-23/h6,10-12,14,16-17H,3-5,7-9,13H2,1-2H3/t14?,17-/m0/s1. The lowest BCUT2D eigenvalue weighted by molar-refractivity contribution is -0.129. The molecule has 2 aliphatic heterocycles. The summed E-state index contributed by atoms with van der Waals surface area (Å²) >= 11 is 1.50. The van der Waals surface area contributed by atoms with Crippen LogP contribution in [0.25, 0.3) is 10.7 Å². The van der Waals surface area contributed by atoms with Crippen molar-refractivity contribution in [3.8, 4) is 10.7 Å². The van der Waals surface area contributed by atoms with Crippen LogP contribution in [0.4, 0.5) is 14.6 Å². The minimum absolute atomic E-state index is 0.0326. The molecule has 2 aromatic rings. The van der Waals surface area contributed by atoms with Gasteiger partial charge in [0.15, 0.2) is 17.4 Å². The van der Waals surface area contributed by atoms with E-state index in [2.05, 4.69) is 9.88 Å². The molecule has 0 saturated carbocycles. The van der Waals surface area contributed by atoms with Crippen molar-refractivity contribution in [2.75, 3.05) is 24.5 Å². The molecule has 1 aliphatic carbocycles. The molecule has 0 spiro atoms. The summed E-state index contributed by atoms with van der Waals surface area (Å²) in [7, 11) is 0. The predicted octanol–water partition coefficient (Wildman–Crippen LogP) is 4.22. The largest absolute Gasteiger partial charge is 0.488 e. The summed E-state index contributed by atoms with van der Waals surface area (Å²) in [5, 5.41) is 2.70. The average molecular weight is 488 g/mol. The van der Waals surface area contributed by atoms with Gasteiger partial charge >= 0.3 is 0 Å². The highest BCUT2D eigenvalue weighted by Crippen LogP contribution is 2.35. The molecule has 2 atom stereocenters. The summed E-state index contributed by atoms with van der Waals surface area (Å²) < 4.78 is 33.8. The quantitative estimate of drug-likeness (QED) is 0.643. The van der Waals surface area contributed by atoms with Crippen molar-refractivity contribution in [1.82, 2.24) is 19.9 Å². The first-order valence-electron chi connectivity index (χ1n) is 11.6. The Morgan fingerprint density at radius 1 is 1.18 bits per heavy atom. The van der Waals surface area contributed by atoms with E-state index in [-0.39, 0.29) is 17.8 Å². The van der Waals surface area contributed by atoms with Gasteiger partial charge in [0.2, 0.25) is 5.91 Å². The second kappa shape index (κ2) is 9.40. The summed E-state index contributed by atoms with van der Waals surface area (Å²) in [5.41, 5.74) is 2.46. The smallest absolute Gasteiger partial charge is 0.219 e. The van der Waals surface area contributed by atoms with E-state index in [0.29, 0.717) is 45.4 Å². The van der Waals surface area contributed by atoms with Gasteiger partial charge in [-0.25, -0.2) is 23.7 Å². The Bertz CT molecular complexity index is 1130. The molecule has 2 aromatic heterocycles. The maximum atomic E-state index is 14.2. The van der Waals surface area contributed by atoms with Gasteiger partial charge in [-0.3, -0.25) is 4.79 Å². The Hall–Kier alpha value is -2.88. The average Bonchev–Trinajstić information content (AvgIpc) is 3.37. The first-order valence-corrected chi connectivity index (χ1v) is 12.5. The molecule has 10 heteroatoms. The third-order valence-electron chi connectivity index (χ3n) is 6.56. The Balaban J connectivity index is 1.34. The molecule has 1 amide bonds. The number of piperidine rings is 1. The third kappa shape index (κ3) is 4.55. The lowest BCUT2D eigenvalue weighted by atomic mass is 9.99. The molecule has 4 heterocycles. The molecule has 0 radical (unpaired) electrons. The molecule has 1 fully saturated rings. The number of alkyl halides is 1. The Labute approximate surface area is 201 Å². The van der Waals surface area contributed by atoms with Gasteiger partial charge in [0.25, 0.3) is 0 Å². The van der Waals surface area contributed by atoms with Crippen LogP contribution in [0.5, 0.6) is 0 Å². The molecule has 3 aliphatic rings. The van der Waals surface area contributed by atoms with Gasteiger partial charge in [-0.2, -0.15) is 0 Å². The van der Waals surface area contributed by atoms with Gasteiger partial charge in [0.05, 0.1) is 17.9 Å². The van der Waals surface area contributed by atoms with E-state index in [9.17, 15) is 13.6 Å². The van der Waals surface area contributed by atoms with Crippen molar-refractivity contribution in [3.05, 3.63) is 46.7 Å². The molecule has 0 aromatic carbocycles. The fraction of sp³-hybridized carbons (Fsp3) is 0.500. The van der Waals surface area contributed by atoms with Crippen molar-refractivity contribution in [2.45, 2.75) is 51.9 Å². The number of ether oxygens (including phenoxy) is 1. The number of hydrogen-bond donors (Lipinski definition) is 0. The lowest BCUT2D eigenvalue weighted by Crippen LogP contribution is -2.39. The number of allylic oxidation sites excluding steroid dienone is 3. The summed E-state index contributed by atoms with van der Waals surface area (Å²) in [6.07, 6.45) is 4.85. The maximum absolute atomic E-state index is 14.2. The van der Waals surface area contributed by atoms with Crippen molar-refractivity contribution >= 4 is 23.1 Å². The highest BCUT2D eigenvalue weighted by atomic mass is 32.1. The molecular formula is C24H27F2N5O2S. The molecule has 0 bridgehead atoms. The number of amides is 1. The van der Waals surface area contributed by atoms with Crippen molar-refractivity contribution in [1.29, 1.82) is 0 Å². The minimum Gasteiger partial charge on any atom is -0.488 e. The Morgan fingerprint density at radius 2 is 1.97 bits per heavy atom. The summed E-state index contributed by atoms with van der Waals surface area (Å²) in [4.78, 5) is 30.2. The van der Waals surface area contributed by atoms with Gasteiger partial charge in [-0.05, 0) is 12.2 Å². The van der Waals surface area contributed by atoms with E-state index in [1.165, 1.54) is 17.4 Å². The minimum atomic E-state index is -1.32. The van der Waals surface area contributed by atoms with Crippen LogP contribution in [0.2, 0.25) is 0 Å². The first kappa shape index (κ1) is 22.9. The molecular weight excluding hydrogens is 460 g/mol. The second-order valence-corrected chi connectivity index (χ2v) is 9.86. The summed E-state index contributed by atoms with van der Waals surface area (Å²) in [6, 6.07) is 0. The van der Waals surface area contributed by atoms with Crippen molar-refractivity contribution < 1.29 is 18.3 Å². The van der Waals surface area contributed by atoms with Gasteiger partial charge < -0.3 is 14.5 Å². The number of aromatic nitrogens is 3. The molecule has 7 nitrogen and oxygen atoms in total. The van der Waals surface area contributed by atoms with Gasteiger partial charge in [-0.15, -0.1) is 11.3 Å². The van der Waals surface area contributed by atoms with Crippen LogP contribution < -0.4 is 4.90 Å². The van der Waals surface area contributed by atoms with Crippen molar-refractivity contribution in [2.24, 2.45) is 5.92 Å².